The van der Waals surface area contributed by atoms with Crippen LogP contribution in [0.3, 0.4) is 0 Å². The molecule has 2 saturated heterocycles. The number of imidazole rings is 1. The number of hydrogen-bond donors (Lipinski definition) is 0. The molecule has 2 fully saturated rings. The topological polar surface area (TPSA) is 41.4 Å². The lowest BCUT2D eigenvalue weighted by Crippen LogP contribution is -2.47. The highest BCUT2D eigenvalue weighted by molar-refractivity contribution is 5.77. The second-order valence-corrected chi connectivity index (χ2v) is 8.51. The van der Waals surface area contributed by atoms with Crippen molar-refractivity contribution in [3.63, 3.8) is 0 Å². The molecule has 1 aromatic heterocycles. The van der Waals surface area contributed by atoms with Crippen LogP contribution in [0, 0.1) is 0 Å². The molecule has 5 heteroatoms. The number of fused-ring (bicyclic) bond motifs is 1. The number of aromatic nitrogens is 2. The molecular formula is C23H32N4O. The van der Waals surface area contributed by atoms with Gasteiger partial charge >= 0.3 is 0 Å². The van der Waals surface area contributed by atoms with E-state index in [1.165, 1.54) is 24.8 Å². The van der Waals surface area contributed by atoms with Crippen molar-refractivity contribution in [3.05, 3.63) is 54.6 Å². The van der Waals surface area contributed by atoms with Crippen molar-refractivity contribution < 1.29 is 4.79 Å². The van der Waals surface area contributed by atoms with E-state index < -0.39 is 0 Å². The van der Waals surface area contributed by atoms with Crippen molar-refractivity contribution in [2.75, 3.05) is 20.1 Å². The third-order valence-corrected chi connectivity index (χ3v) is 6.67. The van der Waals surface area contributed by atoms with Crippen LogP contribution in [0.4, 0.5) is 0 Å². The fourth-order valence-corrected chi connectivity index (χ4v) is 5.17. The van der Waals surface area contributed by atoms with E-state index in [9.17, 15) is 4.79 Å². The number of likely N-dealkylation sites (tertiary alicyclic amines) is 2. The number of benzene rings is 1. The van der Waals surface area contributed by atoms with Crippen LogP contribution >= 0.6 is 0 Å². The average molecular weight is 381 g/mol. The minimum absolute atomic E-state index is 0.135. The van der Waals surface area contributed by atoms with Gasteiger partial charge in [-0.3, -0.25) is 4.79 Å². The molecule has 1 amide bonds. The Morgan fingerprint density at radius 2 is 2.04 bits per heavy atom. The summed E-state index contributed by atoms with van der Waals surface area (Å²) in [7, 11) is 2.25. The normalized spacial score (nSPS) is 27.1. The van der Waals surface area contributed by atoms with Gasteiger partial charge in [0.25, 0.3) is 0 Å². The maximum Gasteiger partial charge on any atom is 0.224 e. The van der Waals surface area contributed by atoms with Gasteiger partial charge in [-0.25, -0.2) is 4.98 Å². The maximum absolute atomic E-state index is 13.4. The number of carbonyl (C=O) groups is 1. The molecule has 0 aliphatic carbocycles. The van der Waals surface area contributed by atoms with Gasteiger partial charge in [-0.1, -0.05) is 43.2 Å². The van der Waals surface area contributed by atoms with E-state index in [0.717, 1.165) is 19.5 Å². The molecule has 0 unspecified atom stereocenters. The van der Waals surface area contributed by atoms with Gasteiger partial charge in [0.2, 0.25) is 5.91 Å². The molecule has 2 aromatic rings. The predicted molar refractivity (Wildman–Crippen MR) is 111 cm³/mol. The number of nitrogens with zero attached hydrogens (tertiary/aromatic N) is 4. The SMILES string of the molecule is C[C@H](CC(=O)N1C[C@@H](c2ccccc2)[C@H]2[C@H]1CCCCCN2C)n1ccnc1. The van der Waals surface area contributed by atoms with Gasteiger partial charge in [0, 0.05) is 49.4 Å². The molecule has 2 aliphatic heterocycles. The van der Waals surface area contributed by atoms with Crippen LogP contribution in [0.1, 0.15) is 56.6 Å². The lowest BCUT2D eigenvalue weighted by atomic mass is 9.87. The quantitative estimate of drug-likeness (QED) is 0.812. The summed E-state index contributed by atoms with van der Waals surface area (Å²) in [5.74, 6) is 0.672. The molecule has 4 atom stereocenters. The molecule has 0 spiro atoms. The Bertz CT molecular complexity index is 760. The Hall–Kier alpha value is -2.14. The van der Waals surface area contributed by atoms with E-state index in [-0.39, 0.29) is 11.9 Å². The summed E-state index contributed by atoms with van der Waals surface area (Å²) >= 11 is 0. The second kappa shape index (κ2) is 8.48. The summed E-state index contributed by atoms with van der Waals surface area (Å²) in [5.41, 5.74) is 1.36. The molecular weight excluding hydrogens is 348 g/mol. The van der Waals surface area contributed by atoms with Crippen LogP contribution in [-0.2, 0) is 4.79 Å². The van der Waals surface area contributed by atoms with Crippen LogP contribution in [-0.4, -0.2) is 57.5 Å². The zero-order chi connectivity index (χ0) is 19.5. The summed E-state index contributed by atoms with van der Waals surface area (Å²) < 4.78 is 2.03. The minimum atomic E-state index is 0.135. The molecule has 5 nitrogen and oxygen atoms in total. The monoisotopic (exact) mass is 380 g/mol. The number of rotatable bonds is 4. The van der Waals surface area contributed by atoms with E-state index >= 15 is 0 Å². The van der Waals surface area contributed by atoms with Gasteiger partial charge in [0.1, 0.15) is 0 Å². The van der Waals surface area contributed by atoms with Crippen LogP contribution in [0.5, 0.6) is 0 Å². The molecule has 1 aromatic carbocycles. The zero-order valence-corrected chi connectivity index (χ0v) is 17.1. The number of carbonyl (C=O) groups excluding carboxylic acids is 1. The molecule has 0 saturated carbocycles. The summed E-state index contributed by atoms with van der Waals surface area (Å²) in [6.45, 7) is 4.06. The Kier molecular flexibility index (Phi) is 5.81. The standard InChI is InChI=1S/C23H32N4O/c1-18(26-14-12-24-17-26)15-22(28)27-16-20(19-9-5-3-6-10-19)23-21(27)11-7-4-8-13-25(23)2/h3,5-6,9-10,12,14,17-18,20-21,23H,4,7-8,11,13,15-16H2,1-2H3/t18-,20+,21-,23+/m1/s1. The fraction of sp³-hybridized carbons (Fsp3) is 0.565. The molecule has 2 aliphatic rings. The molecule has 0 radical (unpaired) electrons. The van der Waals surface area contributed by atoms with Gasteiger partial charge in [0.15, 0.2) is 0 Å². The first kappa shape index (κ1) is 19.2. The molecule has 28 heavy (non-hydrogen) atoms. The highest BCUT2D eigenvalue weighted by Crippen LogP contribution is 2.39. The van der Waals surface area contributed by atoms with Gasteiger partial charge in [-0.15, -0.1) is 0 Å². The molecule has 0 N–H and O–H groups in total. The molecule has 3 heterocycles. The van der Waals surface area contributed by atoms with Crippen molar-refractivity contribution >= 4 is 5.91 Å². The van der Waals surface area contributed by atoms with Crippen LogP contribution in [0.15, 0.2) is 49.1 Å². The van der Waals surface area contributed by atoms with Gasteiger partial charge in [-0.05, 0) is 38.9 Å². The van der Waals surface area contributed by atoms with E-state index in [4.69, 9.17) is 0 Å². The Balaban J connectivity index is 1.58. The van der Waals surface area contributed by atoms with E-state index in [0.29, 0.717) is 24.4 Å². The van der Waals surface area contributed by atoms with Gasteiger partial charge in [0.05, 0.1) is 6.33 Å². The van der Waals surface area contributed by atoms with Crippen molar-refractivity contribution in [2.45, 2.75) is 63.1 Å². The van der Waals surface area contributed by atoms with E-state index in [2.05, 4.69) is 59.1 Å². The summed E-state index contributed by atoms with van der Waals surface area (Å²) in [6.07, 6.45) is 10.9. The summed E-state index contributed by atoms with van der Waals surface area (Å²) in [6, 6.07) is 11.7. The number of likely N-dealkylation sites (N-methyl/N-ethyl adjacent to an activating group) is 1. The maximum atomic E-state index is 13.4. The highest BCUT2D eigenvalue weighted by Gasteiger charge is 2.46. The third-order valence-electron chi connectivity index (χ3n) is 6.67. The second-order valence-electron chi connectivity index (χ2n) is 8.51. The molecule has 4 rings (SSSR count). The Morgan fingerprint density at radius 1 is 1.21 bits per heavy atom. The van der Waals surface area contributed by atoms with Gasteiger partial charge in [-0.2, -0.15) is 0 Å². The third kappa shape index (κ3) is 3.86. The van der Waals surface area contributed by atoms with Crippen LogP contribution < -0.4 is 0 Å². The predicted octanol–water partition coefficient (Wildman–Crippen LogP) is 3.70. The zero-order valence-electron chi connectivity index (χ0n) is 17.1. The van der Waals surface area contributed by atoms with Crippen LogP contribution in [0.2, 0.25) is 0 Å². The van der Waals surface area contributed by atoms with E-state index in [1.54, 1.807) is 12.5 Å². The fourth-order valence-electron chi connectivity index (χ4n) is 5.17. The first-order valence-corrected chi connectivity index (χ1v) is 10.7. The molecule has 150 valence electrons. The number of hydrogen-bond acceptors (Lipinski definition) is 3. The lowest BCUT2D eigenvalue weighted by Gasteiger charge is -2.37. The highest BCUT2D eigenvalue weighted by atomic mass is 16.2. The van der Waals surface area contributed by atoms with Crippen molar-refractivity contribution in [3.8, 4) is 0 Å². The van der Waals surface area contributed by atoms with Crippen molar-refractivity contribution in [1.82, 2.24) is 19.4 Å². The van der Waals surface area contributed by atoms with Crippen LogP contribution in [0.25, 0.3) is 0 Å². The minimum Gasteiger partial charge on any atom is -0.337 e. The average Bonchev–Trinajstić information content (AvgIpc) is 3.35. The van der Waals surface area contributed by atoms with Crippen molar-refractivity contribution in [2.24, 2.45) is 0 Å². The largest absolute Gasteiger partial charge is 0.337 e. The first-order chi connectivity index (χ1) is 13.6. The number of amides is 1. The van der Waals surface area contributed by atoms with Gasteiger partial charge < -0.3 is 14.4 Å². The first-order valence-electron chi connectivity index (χ1n) is 10.7. The van der Waals surface area contributed by atoms with E-state index in [1.807, 2.05) is 10.8 Å². The Morgan fingerprint density at radius 3 is 2.79 bits per heavy atom. The summed E-state index contributed by atoms with van der Waals surface area (Å²) in [5, 5.41) is 0. The molecule has 0 bridgehead atoms. The lowest BCUT2D eigenvalue weighted by molar-refractivity contribution is -0.133. The van der Waals surface area contributed by atoms with Crippen molar-refractivity contribution in [1.29, 1.82) is 0 Å². The Labute approximate surface area is 168 Å². The summed E-state index contributed by atoms with van der Waals surface area (Å²) in [4.78, 5) is 22.2. The smallest absolute Gasteiger partial charge is 0.224 e.